The van der Waals surface area contributed by atoms with Gasteiger partial charge in [-0.2, -0.15) is 0 Å². The third-order valence-corrected chi connectivity index (χ3v) is 6.14. The van der Waals surface area contributed by atoms with Crippen LogP contribution in [-0.2, 0) is 0 Å². The Kier molecular flexibility index (Phi) is 2.75. The van der Waals surface area contributed by atoms with Gasteiger partial charge in [-0.25, -0.2) is 0 Å². The van der Waals surface area contributed by atoms with E-state index in [2.05, 4.69) is 0 Å². The Morgan fingerprint density at radius 1 is 0.600 bits per heavy atom. The Labute approximate surface area is 168 Å². The lowest BCUT2D eigenvalue weighted by Gasteiger charge is -2.12. The van der Waals surface area contributed by atoms with Gasteiger partial charge in [0.25, 0.3) is 5.56 Å². The molecule has 5 aromatic carbocycles. The molecule has 0 fully saturated rings. The highest BCUT2D eigenvalue weighted by molar-refractivity contribution is 6.25. The SMILES string of the molecule is O=c1c2cccc3c(=O)n(-c4ccc5oc6ccccc6c5c4)c4cccc1c4c23. The number of nitrogens with zero attached hydrogens (tertiary/aromatic N) is 1. The maximum Gasteiger partial charge on any atom is 0.263 e. The Morgan fingerprint density at radius 2 is 1.30 bits per heavy atom. The number of furan rings is 1. The highest BCUT2D eigenvalue weighted by Crippen LogP contribution is 2.34. The molecule has 0 atom stereocenters. The van der Waals surface area contributed by atoms with E-state index in [1.165, 1.54) is 0 Å². The Hall–Kier alpha value is -4.18. The average molecular weight is 387 g/mol. The summed E-state index contributed by atoms with van der Waals surface area (Å²) >= 11 is 0. The van der Waals surface area contributed by atoms with E-state index in [0.717, 1.165) is 43.9 Å². The largest absolute Gasteiger partial charge is 0.456 e. The van der Waals surface area contributed by atoms with Gasteiger partial charge in [-0.1, -0.05) is 42.5 Å². The monoisotopic (exact) mass is 387 g/mol. The van der Waals surface area contributed by atoms with Crippen LogP contribution in [0, 0.1) is 0 Å². The molecule has 0 spiro atoms. The molecule has 0 saturated carbocycles. The number of aromatic nitrogens is 1. The molecule has 0 N–H and O–H groups in total. The van der Waals surface area contributed by atoms with Crippen molar-refractivity contribution in [3.05, 3.63) is 99.4 Å². The lowest BCUT2D eigenvalue weighted by Crippen LogP contribution is -2.18. The first kappa shape index (κ1) is 15.7. The molecule has 0 aliphatic rings. The standard InChI is InChI=1S/C26H13NO3/c28-25-16-6-3-8-18-23(16)24-17(25)7-4-9-20(24)27(26(18)29)14-11-12-22-19(13-14)15-5-1-2-10-21(15)30-22/h1-13H. The van der Waals surface area contributed by atoms with E-state index in [-0.39, 0.29) is 11.0 Å². The van der Waals surface area contributed by atoms with Crippen LogP contribution >= 0.6 is 0 Å². The molecule has 0 aliphatic carbocycles. The minimum absolute atomic E-state index is 0.0189. The van der Waals surface area contributed by atoms with E-state index in [1.807, 2.05) is 60.7 Å². The van der Waals surface area contributed by atoms with Crippen molar-refractivity contribution in [2.45, 2.75) is 0 Å². The smallest absolute Gasteiger partial charge is 0.263 e. The van der Waals surface area contributed by atoms with E-state index in [0.29, 0.717) is 16.2 Å². The molecule has 4 nitrogen and oxygen atoms in total. The lowest BCUT2D eigenvalue weighted by atomic mass is 10.1. The molecule has 0 aliphatic heterocycles. The zero-order chi connectivity index (χ0) is 20.0. The summed E-state index contributed by atoms with van der Waals surface area (Å²) in [5, 5.41) is 5.42. The van der Waals surface area contributed by atoms with Crippen molar-refractivity contribution >= 4 is 54.4 Å². The topological polar surface area (TPSA) is 52.2 Å². The van der Waals surface area contributed by atoms with E-state index in [4.69, 9.17) is 4.42 Å². The summed E-state index contributed by atoms with van der Waals surface area (Å²) in [4.78, 5) is 26.5. The van der Waals surface area contributed by atoms with Crippen LogP contribution in [0.5, 0.6) is 0 Å². The van der Waals surface area contributed by atoms with Gasteiger partial charge < -0.3 is 4.42 Å². The van der Waals surface area contributed by atoms with Crippen LogP contribution in [0.1, 0.15) is 0 Å². The van der Waals surface area contributed by atoms with Gasteiger partial charge in [0.1, 0.15) is 11.2 Å². The quantitative estimate of drug-likeness (QED) is 0.353. The van der Waals surface area contributed by atoms with Gasteiger partial charge in [0, 0.05) is 37.7 Å². The van der Waals surface area contributed by atoms with Crippen molar-refractivity contribution in [1.29, 1.82) is 0 Å². The number of hydrogen-bond acceptors (Lipinski definition) is 3. The number of benzene rings is 4. The highest BCUT2D eigenvalue weighted by Gasteiger charge is 2.20. The van der Waals surface area contributed by atoms with E-state index >= 15 is 0 Å². The van der Waals surface area contributed by atoms with Crippen LogP contribution in [-0.4, -0.2) is 4.57 Å². The predicted molar refractivity (Wildman–Crippen MR) is 120 cm³/mol. The Balaban J connectivity index is 1.70. The van der Waals surface area contributed by atoms with E-state index in [1.54, 1.807) is 22.8 Å². The van der Waals surface area contributed by atoms with Gasteiger partial charge in [0.2, 0.25) is 0 Å². The molecule has 0 saturated heterocycles. The van der Waals surface area contributed by atoms with Crippen molar-refractivity contribution in [2.24, 2.45) is 0 Å². The number of hydrogen-bond donors (Lipinski definition) is 0. The van der Waals surface area contributed by atoms with Gasteiger partial charge in [-0.15, -0.1) is 0 Å². The van der Waals surface area contributed by atoms with Gasteiger partial charge in [-0.3, -0.25) is 14.2 Å². The van der Waals surface area contributed by atoms with E-state index < -0.39 is 0 Å². The van der Waals surface area contributed by atoms with Crippen molar-refractivity contribution in [1.82, 2.24) is 4.57 Å². The Morgan fingerprint density at radius 3 is 2.20 bits per heavy atom. The molecule has 7 aromatic rings. The molecule has 0 bridgehead atoms. The van der Waals surface area contributed by atoms with E-state index in [9.17, 15) is 9.59 Å². The zero-order valence-corrected chi connectivity index (χ0v) is 15.7. The molecule has 7 rings (SSSR count). The van der Waals surface area contributed by atoms with Crippen LogP contribution in [0.25, 0.3) is 60.1 Å². The Bertz CT molecular complexity index is 1890. The lowest BCUT2D eigenvalue weighted by molar-refractivity contribution is 0.669. The third-order valence-electron chi connectivity index (χ3n) is 6.14. The fourth-order valence-electron chi connectivity index (χ4n) is 4.85. The molecule has 0 amide bonds. The number of fused-ring (bicyclic) bond motifs is 3. The first-order valence-corrected chi connectivity index (χ1v) is 9.79. The minimum atomic E-state index is -0.127. The summed E-state index contributed by atoms with van der Waals surface area (Å²) in [6.45, 7) is 0. The fourth-order valence-corrected chi connectivity index (χ4v) is 4.85. The van der Waals surface area contributed by atoms with Crippen molar-refractivity contribution < 1.29 is 4.42 Å². The summed E-state index contributed by atoms with van der Waals surface area (Å²) < 4.78 is 7.65. The van der Waals surface area contributed by atoms with Crippen LogP contribution in [0.2, 0.25) is 0 Å². The summed E-state index contributed by atoms with van der Waals surface area (Å²) in [6, 6.07) is 24.6. The van der Waals surface area contributed by atoms with Crippen LogP contribution in [0.4, 0.5) is 0 Å². The third kappa shape index (κ3) is 1.77. The van der Waals surface area contributed by atoms with Crippen molar-refractivity contribution in [2.75, 3.05) is 0 Å². The second-order valence-electron chi connectivity index (χ2n) is 7.68. The normalized spacial score (nSPS) is 12.3. The summed E-state index contributed by atoms with van der Waals surface area (Å²) in [5.41, 5.74) is 2.95. The van der Waals surface area contributed by atoms with Gasteiger partial charge in [0.15, 0.2) is 5.43 Å². The first-order valence-electron chi connectivity index (χ1n) is 9.79. The second-order valence-corrected chi connectivity index (χ2v) is 7.68. The molecule has 2 aromatic heterocycles. The predicted octanol–water partition coefficient (Wildman–Crippen LogP) is 5.43. The van der Waals surface area contributed by atoms with Crippen LogP contribution < -0.4 is 11.0 Å². The minimum Gasteiger partial charge on any atom is -0.456 e. The summed E-state index contributed by atoms with van der Waals surface area (Å²) in [6.07, 6.45) is 0. The van der Waals surface area contributed by atoms with Gasteiger partial charge in [0.05, 0.1) is 11.2 Å². The molecule has 2 heterocycles. The molecule has 0 unspecified atom stereocenters. The van der Waals surface area contributed by atoms with Crippen molar-refractivity contribution in [3.63, 3.8) is 0 Å². The number of para-hydroxylation sites is 1. The van der Waals surface area contributed by atoms with Crippen LogP contribution in [0.3, 0.4) is 0 Å². The second kappa shape index (κ2) is 5.24. The highest BCUT2D eigenvalue weighted by atomic mass is 16.3. The van der Waals surface area contributed by atoms with Gasteiger partial charge >= 0.3 is 0 Å². The molecule has 30 heavy (non-hydrogen) atoms. The fraction of sp³-hybridized carbons (Fsp3) is 0. The van der Waals surface area contributed by atoms with Crippen LogP contribution in [0.15, 0.2) is 92.9 Å². The summed E-state index contributed by atoms with van der Waals surface area (Å²) in [5.74, 6) is 0. The van der Waals surface area contributed by atoms with Crippen molar-refractivity contribution in [3.8, 4) is 5.69 Å². The maximum atomic E-state index is 13.6. The maximum absolute atomic E-state index is 13.6. The number of pyridine rings is 1. The average Bonchev–Trinajstić information content (AvgIpc) is 3.30. The molecular weight excluding hydrogens is 374 g/mol. The van der Waals surface area contributed by atoms with Gasteiger partial charge in [-0.05, 0) is 36.4 Å². The molecule has 0 radical (unpaired) electrons. The molecule has 4 heteroatoms. The number of rotatable bonds is 1. The zero-order valence-electron chi connectivity index (χ0n) is 15.7. The molecule has 140 valence electrons. The molecular formula is C26H13NO3. The summed E-state index contributed by atoms with van der Waals surface area (Å²) in [7, 11) is 0. The first-order chi connectivity index (χ1) is 14.7.